The van der Waals surface area contributed by atoms with Crippen molar-refractivity contribution in [1.29, 1.82) is 0 Å². The molecule has 0 saturated heterocycles. The Balaban J connectivity index is 1.63. The van der Waals surface area contributed by atoms with Gasteiger partial charge in [0.05, 0.1) is 12.9 Å². The highest BCUT2D eigenvalue weighted by Crippen LogP contribution is 2.31. The average molecular weight is 340 g/mol. The summed E-state index contributed by atoms with van der Waals surface area (Å²) in [5, 5.41) is 7.10. The van der Waals surface area contributed by atoms with E-state index >= 15 is 0 Å². The maximum absolute atomic E-state index is 12.1. The number of nitrogens with zero attached hydrogens (tertiary/aromatic N) is 2. The van der Waals surface area contributed by atoms with Gasteiger partial charge >= 0.3 is 0 Å². The number of hydrogen-bond donors (Lipinski definition) is 1. The van der Waals surface area contributed by atoms with Crippen molar-refractivity contribution < 1.29 is 13.9 Å². The molecule has 0 saturated carbocycles. The van der Waals surface area contributed by atoms with Crippen LogP contribution in [0.4, 0.5) is 0 Å². The van der Waals surface area contributed by atoms with Gasteiger partial charge in [-0.3, -0.25) is 4.79 Å². The Morgan fingerprint density at radius 2 is 2.45 bits per heavy atom. The quantitative estimate of drug-likeness (QED) is 0.924. The molecule has 2 aromatic rings. The van der Waals surface area contributed by atoms with Gasteiger partial charge < -0.3 is 14.5 Å². The smallest absolute Gasteiger partial charge is 0.273 e. The predicted molar refractivity (Wildman–Crippen MR) is 74.8 cm³/mol. The molecule has 20 heavy (non-hydrogen) atoms. The van der Waals surface area contributed by atoms with E-state index in [2.05, 4.69) is 26.3 Å². The molecule has 0 unspecified atom stereocenters. The molecule has 0 spiro atoms. The molecule has 1 aliphatic heterocycles. The molecule has 7 heteroatoms. The number of amides is 1. The first-order chi connectivity index (χ1) is 9.75. The summed E-state index contributed by atoms with van der Waals surface area (Å²) < 4.78 is 13.1. The summed E-state index contributed by atoms with van der Waals surface area (Å²) in [6, 6.07) is 3.71. The number of fused-ring (bicyclic) bond motifs is 1. The van der Waals surface area contributed by atoms with E-state index in [9.17, 15) is 4.79 Å². The molecule has 0 aliphatic carbocycles. The third kappa shape index (κ3) is 2.58. The zero-order chi connectivity index (χ0) is 13.9. The summed E-state index contributed by atoms with van der Waals surface area (Å²) in [5.74, 6) is 1.26. The Hall–Kier alpha value is -1.76. The minimum Gasteiger partial charge on any atom is -0.477 e. The van der Waals surface area contributed by atoms with Crippen molar-refractivity contribution in [2.45, 2.75) is 19.4 Å². The summed E-state index contributed by atoms with van der Waals surface area (Å²) in [6.45, 7) is 1.93. The molecule has 106 valence electrons. The Kier molecular flexibility index (Phi) is 3.77. The number of halogens is 1. The first kappa shape index (κ1) is 13.2. The van der Waals surface area contributed by atoms with Crippen molar-refractivity contribution >= 4 is 21.8 Å². The number of nitrogens with one attached hydrogen (secondary N) is 1. The number of aromatic nitrogens is 2. The number of aryl methyl sites for hydroxylation is 1. The minimum atomic E-state index is -0.214. The van der Waals surface area contributed by atoms with Crippen LogP contribution in [-0.4, -0.2) is 28.8 Å². The van der Waals surface area contributed by atoms with Crippen molar-refractivity contribution in [3.05, 3.63) is 34.3 Å². The van der Waals surface area contributed by atoms with Gasteiger partial charge in [0.1, 0.15) is 10.2 Å². The fourth-order valence-electron chi connectivity index (χ4n) is 2.08. The van der Waals surface area contributed by atoms with E-state index in [1.54, 1.807) is 10.9 Å². The van der Waals surface area contributed by atoms with Gasteiger partial charge in [0, 0.05) is 25.9 Å². The second kappa shape index (κ2) is 5.70. The van der Waals surface area contributed by atoms with Crippen LogP contribution in [0.3, 0.4) is 0 Å². The van der Waals surface area contributed by atoms with E-state index in [0.29, 0.717) is 35.6 Å². The SMILES string of the molecule is O=C(NCCc1ccco1)c1nn2c(c1Br)OCCC2. The topological polar surface area (TPSA) is 69.3 Å². The predicted octanol–water partition coefficient (Wildman–Crippen LogP) is 1.99. The zero-order valence-electron chi connectivity index (χ0n) is 10.8. The van der Waals surface area contributed by atoms with Crippen LogP contribution in [-0.2, 0) is 13.0 Å². The molecular formula is C13H14BrN3O3. The van der Waals surface area contributed by atoms with Crippen molar-refractivity contribution in [2.24, 2.45) is 0 Å². The number of carbonyl (C=O) groups is 1. The third-order valence-electron chi connectivity index (χ3n) is 3.06. The lowest BCUT2D eigenvalue weighted by Crippen LogP contribution is -2.26. The van der Waals surface area contributed by atoms with Crippen LogP contribution >= 0.6 is 15.9 Å². The van der Waals surface area contributed by atoms with Gasteiger partial charge in [-0.25, -0.2) is 4.68 Å². The molecule has 1 aliphatic rings. The maximum Gasteiger partial charge on any atom is 0.273 e. The summed E-state index contributed by atoms with van der Waals surface area (Å²) >= 11 is 3.38. The fraction of sp³-hybridized carbons (Fsp3) is 0.385. The summed E-state index contributed by atoms with van der Waals surface area (Å²) in [4.78, 5) is 12.1. The zero-order valence-corrected chi connectivity index (χ0v) is 12.4. The molecule has 1 N–H and O–H groups in total. The second-order valence-corrected chi connectivity index (χ2v) is 5.27. The molecule has 0 atom stereocenters. The molecule has 0 bridgehead atoms. The van der Waals surface area contributed by atoms with Crippen molar-refractivity contribution in [1.82, 2.24) is 15.1 Å². The Morgan fingerprint density at radius 1 is 1.55 bits per heavy atom. The largest absolute Gasteiger partial charge is 0.477 e. The normalized spacial score (nSPS) is 13.7. The second-order valence-electron chi connectivity index (χ2n) is 4.48. The molecule has 3 heterocycles. The Morgan fingerprint density at radius 3 is 3.20 bits per heavy atom. The number of hydrogen-bond acceptors (Lipinski definition) is 4. The molecule has 1 amide bonds. The summed E-state index contributed by atoms with van der Waals surface area (Å²) in [6.07, 6.45) is 3.18. The lowest BCUT2D eigenvalue weighted by atomic mass is 10.3. The van der Waals surface area contributed by atoms with Gasteiger partial charge in [0.2, 0.25) is 5.88 Å². The van der Waals surface area contributed by atoms with Gasteiger partial charge in [-0.1, -0.05) is 0 Å². The Bertz CT molecular complexity index is 607. The molecular weight excluding hydrogens is 326 g/mol. The molecule has 2 aromatic heterocycles. The standard InChI is InChI=1S/C13H14BrN3O3/c14-10-11(16-17-6-2-8-20-13(10)17)12(18)15-5-4-9-3-1-7-19-9/h1,3,7H,2,4-6,8H2,(H,15,18). The Labute approximate surface area is 124 Å². The van der Waals surface area contributed by atoms with Crippen LogP contribution in [0.1, 0.15) is 22.7 Å². The van der Waals surface area contributed by atoms with E-state index in [4.69, 9.17) is 9.15 Å². The van der Waals surface area contributed by atoms with E-state index < -0.39 is 0 Å². The van der Waals surface area contributed by atoms with E-state index in [-0.39, 0.29) is 5.91 Å². The third-order valence-corrected chi connectivity index (χ3v) is 3.77. The number of ether oxygens (including phenoxy) is 1. The van der Waals surface area contributed by atoms with E-state index in [1.165, 1.54) is 0 Å². The van der Waals surface area contributed by atoms with Gasteiger partial charge in [0.15, 0.2) is 5.69 Å². The van der Waals surface area contributed by atoms with Gasteiger partial charge in [-0.2, -0.15) is 5.10 Å². The minimum absolute atomic E-state index is 0.214. The molecule has 0 radical (unpaired) electrons. The van der Waals surface area contributed by atoms with Crippen molar-refractivity contribution in [3.63, 3.8) is 0 Å². The van der Waals surface area contributed by atoms with Crippen LogP contribution in [0.15, 0.2) is 27.3 Å². The lowest BCUT2D eigenvalue weighted by molar-refractivity contribution is 0.0947. The molecule has 0 fully saturated rings. The van der Waals surface area contributed by atoms with Crippen LogP contribution in [0.2, 0.25) is 0 Å². The highest BCUT2D eigenvalue weighted by molar-refractivity contribution is 9.10. The van der Waals surface area contributed by atoms with Crippen LogP contribution in [0.5, 0.6) is 5.88 Å². The highest BCUT2D eigenvalue weighted by atomic mass is 79.9. The highest BCUT2D eigenvalue weighted by Gasteiger charge is 2.24. The average Bonchev–Trinajstić information content (AvgIpc) is 3.08. The van der Waals surface area contributed by atoms with E-state index in [0.717, 1.165) is 18.7 Å². The van der Waals surface area contributed by atoms with Crippen molar-refractivity contribution in [2.75, 3.05) is 13.2 Å². The monoisotopic (exact) mass is 339 g/mol. The first-order valence-corrected chi connectivity index (χ1v) is 7.24. The summed E-state index contributed by atoms with van der Waals surface area (Å²) in [5.41, 5.74) is 0.362. The number of carbonyl (C=O) groups excluding carboxylic acids is 1. The maximum atomic E-state index is 12.1. The molecule has 3 rings (SSSR count). The van der Waals surface area contributed by atoms with Gasteiger partial charge in [-0.15, -0.1) is 0 Å². The van der Waals surface area contributed by atoms with Crippen LogP contribution in [0.25, 0.3) is 0 Å². The van der Waals surface area contributed by atoms with E-state index in [1.807, 2.05) is 12.1 Å². The van der Waals surface area contributed by atoms with Crippen LogP contribution in [0, 0.1) is 0 Å². The summed E-state index contributed by atoms with van der Waals surface area (Å²) in [7, 11) is 0. The molecule has 0 aromatic carbocycles. The van der Waals surface area contributed by atoms with Crippen molar-refractivity contribution in [3.8, 4) is 5.88 Å². The number of rotatable bonds is 4. The number of furan rings is 1. The first-order valence-electron chi connectivity index (χ1n) is 6.45. The van der Waals surface area contributed by atoms with Gasteiger partial charge in [0.25, 0.3) is 5.91 Å². The molecule has 6 nitrogen and oxygen atoms in total. The van der Waals surface area contributed by atoms with Crippen LogP contribution < -0.4 is 10.1 Å². The van der Waals surface area contributed by atoms with Gasteiger partial charge in [-0.05, 0) is 28.1 Å². The lowest BCUT2D eigenvalue weighted by Gasteiger charge is -2.14. The fourth-order valence-corrected chi connectivity index (χ4v) is 2.66.